The van der Waals surface area contributed by atoms with Crippen molar-refractivity contribution in [3.05, 3.63) is 42.5 Å². The van der Waals surface area contributed by atoms with Gasteiger partial charge in [-0.25, -0.2) is 0 Å². The third kappa shape index (κ3) is 2.40. The molecule has 1 aliphatic rings. The Kier molecular flexibility index (Phi) is 3.70. The minimum atomic E-state index is 0.0562. The van der Waals surface area contributed by atoms with Gasteiger partial charge in [0.15, 0.2) is 0 Å². The summed E-state index contributed by atoms with van der Waals surface area (Å²) in [6, 6.07) is 7.84. The van der Waals surface area contributed by atoms with Crippen LogP contribution in [0, 0.1) is 11.8 Å². The van der Waals surface area contributed by atoms with Crippen molar-refractivity contribution in [2.75, 3.05) is 13.7 Å². The van der Waals surface area contributed by atoms with Crippen molar-refractivity contribution in [2.24, 2.45) is 11.8 Å². The summed E-state index contributed by atoms with van der Waals surface area (Å²) in [5.74, 6) is 1.39. The molecule has 0 aliphatic carbocycles. The number of hydrogen-bond donors (Lipinski definition) is 0. The lowest BCUT2D eigenvalue weighted by Gasteiger charge is -2.16. The number of hydrogen-bond acceptors (Lipinski definition) is 2. The fourth-order valence-corrected chi connectivity index (χ4v) is 2.35. The monoisotopic (exact) mass is 245 g/mol. The highest BCUT2D eigenvalue weighted by Gasteiger charge is 2.35. The summed E-state index contributed by atoms with van der Waals surface area (Å²) in [6.45, 7) is 7.21. The first-order chi connectivity index (χ1) is 8.65. The third-order valence-corrected chi connectivity index (χ3v) is 3.61. The van der Waals surface area contributed by atoms with Crippen LogP contribution in [0.15, 0.2) is 36.9 Å². The maximum absolute atomic E-state index is 12.1. The van der Waals surface area contributed by atoms with E-state index in [4.69, 9.17) is 4.74 Å². The van der Waals surface area contributed by atoms with Gasteiger partial charge < -0.3 is 9.64 Å². The molecule has 0 spiro atoms. The van der Waals surface area contributed by atoms with E-state index in [1.54, 1.807) is 7.11 Å². The summed E-state index contributed by atoms with van der Waals surface area (Å²) < 4.78 is 5.12. The molecule has 3 heteroatoms. The van der Waals surface area contributed by atoms with Crippen molar-refractivity contribution in [1.29, 1.82) is 0 Å². The van der Waals surface area contributed by atoms with Crippen LogP contribution in [0.5, 0.6) is 5.75 Å². The fraction of sp³-hybridized carbons (Fsp3) is 0.400. The molecule has 96 valence electrons. The summed E-state index contributed by atoms with van der Waals surface area (Å²) in [5.41, 5.74) is 1.13. The van der Waals surface area contributed by atoms with Crippen LogP contribution in [-0.2, 0) is 11.3 Å². The van der Waals surface area contributed by atoms with Crippen molar-refractivity contribution in [3.8, 4) is 5.75 Å². The van der Waals surface area contributed by atoms with Gasteiger partial charge >= 0.3 is 0 Å². The van der Waals surface area contributed by atoms with E-state index in [0.717, 1.165) is 17.9 Å². The average Bonchev–Trinajstić information content (AvgIpc) is 2.67. The van der Waals surface area contributed by atoms with E-state index in [1.165, 1.54) is 0 Å². The van der Waals surface area contributed by atoms with Gasteiger partial charge in [0.2, 0.25) is 5.91 Å². The summed E-state index contributed by atoms with van der Waals surface area (Å²) >= 11 is 0. The van der Waals surface area contributed by atoms with Gasteiger partial charge in [-0.2, -0.15) is 0 Å². The van der Waals surface area contributed by atoms with Gasteiger partial charge in [0, 0.05) is 24.9 Å². The Morgan fingerprint density at radius 1 is 1.44 bits per heavy atom. The van der Waals surface area contributed by atoms with Crippen LogP contribution in [0.4, 0.5) is 0 Å². The Morgan fingerprint density at radius 2 is 2.11 bits per heavy atom. The van der Waals surface area contributed by atoms with Crippen molar-refractivity contribution in [1.82, 2.24) is 4.90 Å². The van der Waals surface area contributed by atoms with Gasteiger partial charge in [-0.05, 0) is 17.7 Å². The van der Waals surface area contributed by atoms with E-state index in [0.29, 0.717) is 6.54 Å². The first-order valence-corrected chi connectivity index (χ1v) is 6.20. The van der Waals surface area contributed by atoms with Crippen molar-refractivity contribution in [2.45, 2.75) is 13.5 Å². The van der Waals surface area contributed by atoms with Crippen LogP contribution in [0.3, 0.4) is 0 Å². The van der Waals surface area contributed by atoms with E-state index in [2.05, 4.69) is 6.58 Å². The second-order valence-corrected chi connectivity index (χ2v) is 4.76. The molecule has 1 heterocycles. The number of rotatable bonds is 4. The van der Waals surface area contributed by atoms with Gasteiger partial charge in [0.1, 0.15) is 5.75 Å². The number of carbonyl (C=O) groups is 1. The highest BCUT2D eigenvalue weighted by molar-refractivity contribution is 5.81. The molecule has 2 unspecified atom stereocenters. The molecule has 1 aliphatic heterocycles. The molecule has 1 fully saturated rings. The van der Waals surface area contributed by atoms with E-state index >= 15 is 0 Å². The lowest BCUT2D eigenvalue weighted by atomic mass is 9.98. The second kappa shape index (κ2) is 5.25. The minimum absolute atomic E-state index is 0.0562. The summed E-state index contributed by atoms with van der Waals surface area (Å²) in [6.07, 6.45) is 1.89. The highest BCUT2D eigenvalue weighted by atomic mass is 16.5. The van der Waals surface area contributed by atoms with Gasteiger partial charge in [-0.3, -0.25) is 4.79 Å². The number of benzene rings is 1. The number of methoxy groups -OCH3 is 1. The second-order valence-electron chi connectivity index (χ2n) is 4.76. The van der Waals surface area contributed by atoms with Crippen molar-refractivity contribution < 1.29 is 9.53 Å². The van der Waals surface area contributed by atoms with Crippen LogP contribution in [0.25, 0.3) is 0 Å². The Bertz CT molecular complexity index is 438. The van der Waals surface area contributed by atoms with E-state index in [1.807, 2.05) is 42.2 Å². The van der Waals surface area contributed by atoms with Crippen molar-refractivity contribution in [3.63, 3.8) is 0 Å². The molecule has 0 bridgehead atoms. The molecule has 1 amide bonds. The number of likely N-dealkylation sites (tertiary alicyclic amines) is 1. The number of amides is 1. The third-order valence-electron chi connectivity index (χ3n) is 3.61. The van der Waals surface area contributed by atoms with Crippen LogP contribution in [-0.4, -0.2) is 24.5 Å². The van der Waals surface area contributed by atoms with Crippen LogP contribution >= 0.6 is 0 Å². The average molecular weight is 245 g/mol. The summed E-state index contributed by atoms with van der Waals surface area (Å²) in [7, 11) is 1.65. The normalized spacial score (nSPS) is 23.2. The smallest absolute Gasteiger partial charge is 0.226 e. The first-order valence-electron chi connectivity index (χ1n) is 6.20. The minimum Gasteiger partial charge on any atom is -0.497 e. The van der Waals surface area contributed by atoms with Crippen molar-refractivity contribution >= 4 is 5.91 Å². The zero-order valence-electron chi connectivity index (χ0n) is 10.9. The molecular weight excluding hydrogens is 226 g/mol. The lowest BCUT2D eigenvalue weighted by Crippen LogP contribution is -2.26. The molecule has 1 aromatic rings. The Balaban J connectivity index is 2.05. The molecule has 1 aromatic carbocycles. The van der Waals surface area contributed by atoms with E-state index in [-0.39, 0.29) is 17.7 Å². The molecule has 1 saturated heterocycles. The topological polar surface area (TPSA) is 29.5 Å². The Hall–Kier alpha value is -1.77. The molecule has 0 radical (unpaired) electrons. The number of carbonyl (C=O) groups excluding carboxylic acids is 1. The predicted octanol–water partition coefficient (Wildman–Crippen LogP) is 2.48. The first kappa shape index (κ1) is 12.7. The summed E-state index contributed by atoms with van der Waals surface area (Å²) in [4.78, 5) is 14.0. The van der Waals surface area contributed by atoms with Crippen LogP contribution in [0.2, 0.25) is 0 Å². The zero-order valence-corrected chi connectivity index (χ0v) is 10.9. The van der Waals surface area contributed by atoms with Gasteiger partial charge in [0.05, 0.1) is 7.11 Å². The van der Waals surface area contributed by atoms with Crippen LogP contribution in [0.1, 0.15) is 12.5 Å². The summed E-state index contributed by atoms with van der Waals surface area (Å²) in [5, 5.41) is 0. The molecule has 0 saturated carbocycles. The quantitative estimate of drug-likeness (QED) is 0.763. The van der Waals surface area contributed by atoms with Crippen LogP contribution < -0.4 is 4.74 Å². The molecule has 0 N–H and O–H groups in total. The molecule has 2 rings (SSSR count). The standard InChI is InChI=1S/C15H19NO2/c1-4-13-10-16(15(17)11(13)2)9-12-5-7-14(18-3)8-6-12/h4-8,11,13H,1,9-10H2,2-3H3. The fourth-order valence-electron chi connectivity index (χ4n) is 2.35. The zero-order chi connectivity index (χ0) is 13.1. The Labute approximate surface area is 108 Å². The van der Waals surface area contributed by atoms with Gasteiger partial charge in [-0.1, -0.05) is 25.1 Å². The molecule has 3 nitrogen and oxygen atoms in total. The molecule has 2 atom stereocenters. The maximum atomic E-state index is 12.1. The number of ether oxygens (including phenoxy) is 1. The molecular formula is C15H19NO2. The van der Waals surface area contributed by atoms with Gasteiger partial charge in [0.25, 0.3) is 0 Å². The molecule has 18 heavy (non-hydrogen) atoms. The predicted molar refractivity (Wildman–Crippen MR) is 71.3 cm³/mol. The Morgan fingerprint density at radius 3 is 2.61 bits per heavy atom. The largest absolute Gasteiger partial charge is 0.497 e. The highest BCUT2D eigenvalue weighted by Crippen LogP contribution is 2.26. The lowest BCUT2D eigenvalue weighted by molar-refractivity contribution is -0.131. The van der Waals surface area contributed by atoms with Gasteiger partial charge in [-0.15, -0.1) is 6.58 Å². The number of nitrogens with zero attached hydrogens (tertiary/aromatic N) is 1. The van der Waals surface area contributed by atoms with E-state index < -0.39 is 0 Å². The molecule has 0 aromatic heterocycles. The van der Waals surface area contributed by atoms with E-state index in [9.17, 15) is 4.79 Å². The SMILES string of the molecule is C=CC1CN(Cc2ccc(OC)cc2)C(=O)C1C. The maximum Gasteiger partial charge on any atom is 0.226 e.